The molecule has 3 unspecified atom stereocenters. The van der Waals surface area contributed by atoms with Crippen LogP contribution in [0.25, 0.3) is 0 Å². The Bertz CT molecular complexity index is 354. The van der Waals surface area contributed by atoms with Gasteiger partial charge in [-0.25, -0.2) is 0 Å². The molecule has 0 aromatic carbocycles. The van der Waals surface area contributed by atoms with E-state index in [-0.39, 0.29) is 11.5 Å². The molecule has 120 valence electrons. The van der Waals surface area contributed by atoms with Gasteiger partial charge in [-0.3, -0.25) is 4.79 Å². The number of carbonyl (C=O) groups is 1. The van der Waals surface area contributed by atoms with E-state index in [9.17, 15) is 9.90 Å². The molecule has 0 aromatic heterocycles. The number of carboxylic acids is 1. The number of aliphatic carboxylic acids is 1. The highest BCUT2D eigenvalue weighted by molar-refractivity contribution is 5.70. The fourth-order valence-electron chi connectivity index (χ4n) is 5.18. The normalized spacial score (nSPS) is 37.0. The summed E-state index contributed by atoms with van der Waals surface area (Å²) in [6.45, 7) is 0.855. The summed E-state index contributed by atoms with van der Waals surface area (Å²) in [7, 11) is 0. The van der Waals surface area contributed by atoms with Crippen LogP contribution in [0.3, 0.4) is 0 Å². The third kappa shape index (κ3) is 3.44. The maximum Gasteiger partial charge on any atom is 0.306 e. The molecular formula is C18H30O3. The molecule has 3 aliphatic rings. The van der Waals surface area contributed by atoms with Crippen LogP contribution in [0.2, 0.25) is 0 Å². The van der Waals surface area contributed by atoms with Gasteiger partial charge in [0.1, 0.15) is 0 Å². The molecule has 0 aromatic rings. The second kappa shape index (κ2) is 6.68. The molecule has 0 bridgehead atoms. The van der Waals surface area contributed by atoms with Crippen LogP contribution in [0.4, 0.5) is 0 Å². The molecule has 0 radical (unpaired) electrons. The molecule has 1 saturated heterocycles. The van der Waals surface area contributed by atoms with Gasteiger partial charge < -0.3 is 9.84 Å². The van der Waals surface area contributed by atoms with E-state index in [1.54, 1.807) is 0 Å². The maximum atomic E-state index is 11.7. The minimum absolute atomic E-state index is 0.101. The van der Waals surface area contributed by atoms with Gasteiger partial charge in [-0.15, -0.1) is 0 Å². The Morgan fingerprint density at radius 3 is 2.43 bits per heavy atom. The first-order valence-corrected chi connectivity index (χ1v) is 9.07. The molecule has 1 N–H and O–H groups in total. The first-order valence-electron chi connectivity index (χ1n) is 9.07. The predicted molar refractivity (Wildman–Crippen MR) is 82.2 cm³/mol. The SMILES string of the molecule is O=C(O)C1CCCCCC1C1CCOC2(CCCCC2)C1. The highest BCUT2D eigenvalue weighted by Crippen LogP contribution is 2.46. The molecule has 0 amide bonds. The Morgan fingerprint density at radius 2 is 1.67 bits per heavy atom. The van der Waals surface area contributed by atoms with E-state index in [4.69, 9.17) is 4.74 Å². The number of rotatable bonds is 2. The summed E-state index contributed by atoms with van der Waals surface area (Å²) in [5.41, 5.74) is 0.108. The second-order valence-corrected chi connectivity index (χ2v) is 7.59. The zero-order valence-electron chi connectivity index (χ0n) is 13.2. The fourth-order valence-corrected chi connectivity index (χ4v) is 5.18. The number of hydrogen-bond acceptors (Lipinski definition) is 2. The molecule has 3 rings (SSSR count). The van der Waals surface area contributed by atoms with Crippen molar-refractivity contribution in [3.63, 3.8) is 0 Å². The third-order valence-electron chi connectivity index (χ3n) is 6.29. The van der Waals surface area contributed by atoms with Gasteiger partial charge in [0.25, 0.3) is 0 Å². The average Bonchev–Trinajstić information content (AvgIpc) is 2.74. The van der Waals surface area contributed by atoms with Crippen LogP contribution in [0.1, 0.15) is 77.0 Å². The van der Waals surface area contributed by atoms with E-state index < -0.39 is 5.97 Å². The molecule has 2 saturated carbocycles. The Morgan fingerprint density at radius 1 is 0.952 bits per heavy atom. The zero-order chi connectivity index (χ0) is 14.7. The van der Waals surface area contributed by atoms with E-state index in [1.807, 2.05) is 0 Å². The molecule has 3 nitrogen and oxygen atoms in total. The van der Waals surface area contributed by atoms with Crippen molar-refractivity contribution in [1.82, 2.24) is 0 Å². The maximum absolute atomic E-state index is 11.7. The largest absolute Gasteiger partial charge is 0.481 e. The lowest BCUT2D eigenvalue weighted by atomic mass is 9.68. The highest BCUT2D eigenvalue weighted by atomic mass is 16.5. The van der Waals surface area contributed by atoms with Crippen molar-refractivity contribution in [2.24, 2.45) is 17.8 Å². The van der Waals surface area contributed by atoms with Crippen molar-refractivity contribution in [3.05, 3.63) is 0 Å². The van der Waals surface area contributed by atoms with Gasteiger partial charge in [0, 0.05) is 6.61 Å². The highest BCUT2D eigenvalue weighted by Gasteiger charge is 2.43. The summed E-state index contributed by atoms with van der Waals surface area (Å²) in [5, 5.41) is 9.63. The summed E-state index contributed by atoms with van der Waals surface area (Å²) in [4.78, 5) is 11.7. The zero-order valence-corrected chi connectivity index (χ0v) is 13.2. The fraction of sp³-hybridized carbons (Fsp3) is 0.944. The van der Waals surface area contributed by atoms with E-state index in [0.29, 0.717) is 11.8 Å². The Hall–Kier alpha value is -0.570. The van der Waals surface area contributed by atoms with Gasteiger partial charge in [-0.05, 0) is 50.4 Å². The quantitative estimate of drug-likeness (QED) is 0.768. The first kappa shape index (κ1) is 15.3. The first-order chi connectivity index (χ1) is 10.2. The summed E-state index contributed by atoms with van der Waals surface area (Å²) < 4.78 is 6.21. The molecule has 3 heteroatoms. The number of carboxylic acid groups (broad SMARTS) is 1. The Balaban J connectivity index is 1.72. The summed E-state index contributed by atoms with van der Waals surface area (Å²) in [6.07, 6.45) is 14.1. The topological polar surface area (TPSA) is 46.5 Å². The van der Waals surface area contributed by atoms with Gasteiger partial charge in [0.05, 0.1) is 11.5 Å². The van der Waals surface area contributed by atoms with Crippen molar-refractivity contribution in [3.8, 4) is 0 Å². The van der Waals surface area contributed by atoms with Crippen LogP contribution in [0.15, 0.2) is 0 Å². The smallest absolute Gasteiger partial charge is 0.306 e. The molecular weight excluding hydrogens is 264 g/mol. The lowest BCUT2D eigenvalue weighted by Gasteiger charge is -2.46. The van der Waals surface area contributed by atoms with Crippen molar-refractivity contribution in [2.45, 2.75) is 82.7 Å². The number of ether oxygens (including phenoxy) is 1. The van der Waals surface area contributed by atoms with Crippen LogP contribution in [-0.2, 0) is 9.53 Å². The molecule has 2 aliphatic carbocycles. The average molecular weight is 294 g/mol. The standard InChI is InChI=1S/C18H30O3/c19-17(20)16-8-4-1-3-7-15(16)14-9-12-21-18(13-14)10-5-2-6-11-18/h14-16H,1-13H2,(H,19,20). The van der Waals surface area contributed by atoms with Crippen molar-refractivity contribution >= 4 is 5.97 Å². The molecule has 3 fully saturated rings. The van der Waals surface area contributed by atoms with E-state index >= 15 is 0 Å². The Kier molecular flexibility index (Phi) is 4.88. The lowest BCUT2D eigenvalue weighted by molar-refractivity contribution is -0.151. The van der Waals surface area contributed by atoms with Crippen molar-refractivity contribution < 1.29 is 14.6 Å². The van der Waals surface area contributed by atoms with E-state index in [0.717, 1.165) is 38.7 Å². The van der Waals surface area contributed by atoms with Crippen LogP contribution < -0.4 is 0 Å². The summed E-state index contributed by atoms with van der Waals surface area (Å²) in [5.74, 6) is 0.325. The molecule has 3 atom stereocenters. The third-order valence-corrected chi connectivity index (χ3v) is 6.29. The van der Waals surface area contributed by atoms with Crippen LogP contribution in [0, 0.1) is 17.8 Å². The monoisotopic (exact) mass is 294 g/mol. The van der Waals surface area contributed by atoms with E-state index in [1.165, 1.54) is 44.9 Å². The Labute approximate surface area is 128 Å². The molecule has 1 spiro atoms. The van der Waals surface area contributed by atoms with Gasteiger partial charge in [-0.2, -0.15) is 0 Å². The summed E-state index contributed by atoms with van der Waals surface area (Å²) >= 11 is 0. The molecule has 1 aliphatic heterocycles. The van der Waals surface area contributed by atoms with Crippen LogP contribution >= 0.6 is 0 Å². The predicted octanol–water partition coefficient (Wildman–Crippen LogP) is 4.40. The minimum atomic E-state index is -0.550. The number of hydrogen-bond donors (Lipinski definition) is 1. The van der Waals surface area contributed by atoms with Gasteiger partial charge in [0.15, 0.2) is 0 Å². The van der Waals surface area contributed by atoms with Crippen LogP contribution in [0.5, 0.6) is 0 Å². The molecule has 1 heterocycles. The molecule has 21 heavy (non-hydrogen) atoms. The second-order valence-electron chi connectivity index (χ2n) is 7.59. The minimum Gasteiger partial charge on any atom is -0.481 e. The van der Waals surface area contributed by atoms with Crippen LogP contribution in [-0.4, -0.2) is 23.3 Å². The summed E-state index contributed by atoms with van der Waals surface area (Å²) in [6, 6.07) is 0. The lowest BCUT2D eigenvalue weighted by Crippen LogP contribution is -2.44. The van der Waals surface area contributed by atoms with Gasteiger partial charge in [0.2, 0.25) is 0 Å². The van der Waals surface area contributed by atoms with Crippen molar-refractivity contribution in [2.75, 3.05) is 6.61 Å². The van der Waals surface area contributed by atoms with Gasteiger partial charge in [-0.1, -0.05) is 38.5 Å². The van der Waals surface area contributed by atoms with Crippen molar-refractivity contribution in [1.29, 1.82) is 0 Å². The van der Waals surface area contributed by atoms with E-state index in [2.05, 4.69) is 0 Å². The van der Waals surface area contributed by atoms with Gasteiger partial charge >= 0.3 is 5.97 Å².